The lowest BCUT2D eigenvalue weighted by atomic mass is 10.2. The zero-order valence-electron chi connectivity index (χ0n) is 16.0. The minimum absolute atomic E-state index is 0.118. The van der Waals surface area contributed by atoms with E-state index in [1.807, 2.05) is 30.3 Å². The number of carbonyl (C=O) groups is 2. The van der Waals surface area contributed by atoms with Crippen LogP contribution in [0, 0.1) is 0 Å². The van der Waals surface area contributed by atoms with Gasteiger partial charge in [0.05, 0.1) is 6.61 Å². The SMILES string of the molecule is COCCOc1ccc(NC(=O)CCCNC(=O)OCc2ccccc2)cc1. The van der Waals surface area contributed by atoms with Gasteiger partial charge in [-0.15, -0.1) is 0 Å². The molecule has 0 aliphatic carbocycles. The van der Waals surface area contributed by atoms with Crippen LogP contribution in [0.2, 0.25) is 0 Å². The Kier molecular flexibility index (Phi) is 9.37. The van der Waals surface area contributed by atoms with Crippen molar-refractivity contribution in [3.63, 3.8) is 0 Å². The average Bonchev–Trinajstić information content (AvgIpc) is 2.72. The molecule has 2 rings (SSSR count). The van der Waals surface area contributed by atoms with E-state index in [9.17, 15) is 9.59 Å². The molecule has 0 aromatic heterocycles. The number of anilines is 1. The number of rotatable bonds is 11. The quantitative estimate of drug-likeness (QED) is 0.579. The minimum atomic E-state index is -0.492. The lowest BCUT2D eigenvalue weighted by Crippen LogP contribution is -2.26. The van der Waals surface area contributed by atoms with E-state index in [4.69, 9.17) is 14.2 Å². The Hall–Kier alpha value is -3.06. The first-order valence-electron chi connectivity index (χ1n) is 9.13. The van der Waals surface area contributed by atoms with Crippen LogP contribution in [0.25, 0.3) is 0 Å². The highest BCUT2D eigenvalue weighted by molar-refractivity contribution is 5.90. The molecule has 0 heterocycles. The van der Waals surface area contributed by atoms with Gasteiger partial charge in [0.15, 0.2) is 0 Å². The molecular weight excluding hydrogens is 360 g/mol. The summed E-state index contributed by atoms with van der Waals surface area (Å²) in [6.07, 6.45) is 0.323. The van der Waals surface area contributed by atoms with E-state index in [0.29, 0.717) is 44.0 Å². The number of nitrogens with one attached hydrogen (secondary N) is 2. The Bertz CT molecular complexity index is 719. The van der Waals surface area contributed by atoms with Crippen molar-refractivity contribution >= 4 is 17.7 Å². The molecule has 2 aromatic carbocycles. The second-order valence-electron chi connectivity index (χ2n) is 6.01. The fourth-order valence-corrected chi connectivity index (χ4v) is 2.31. The van der Waals surface area contributed by atoms with E-state index >= 15 is 0 Å². The Morgan fingerprint density at radius 1 is 0.964 bits per heavy atom. The molecule has 7 nitrogen and oxygen atoms in total. The average molecular weight is 386 g/mol. The number of alkyl carbamates (subject to hydrolysis) is 1. The van der Waals surface area contributed by atoms with Crippen LogP contribution in [0.4, 0.5) is 10.5 Å². The maximum absolute atomic E-state index is 12.0. The molecule has 0 saturated carbocycles. The van der Waals surface area contributed by atoms with E-state index in [1.54, 1.807) is 31.4 Å². The van der Waals surface area contributed by atoms with Crippen molar-refractivity contribution in [2.75, 3.05) is 32.2 Å². The summed E-state index contributed by atoms with van der Waals surface area (Å²) in [5.74, 6) is 0.598. The predicted molar refractivity (Wildman–Crippen MR) is 106 cm³/mol. The smallest absolute Gasteiger partial charge is 0.407 e. The van der Waals surface area contributed by atoms with Gasteiger partial charge in [0.25, 0.3) is 0 Å². The molecule has 0 atom stereocenters. The summed E-state index contributed by atoms with van der Waals surface area (Å²) in [7, 11) is 1.62. The number of hydrogen-bond donors (Lipinski definition) is 2. The van der Waals surface area contributed by atoms with Crippen molar-refractivity contribution in [2.24, 2.45) is 0 Å². The number of methoxy groups -OCH3 is 1. The lowest BCUT2D eigenvalue weighted by molar-refractivity contribution is -0.116. The lowest BCUT2D eigenvalue weighted by Gasteiger charge is -2.09. The predicted octanol–water partition coefficient (Wildman–Crippen LogP) is 3.36. The molecule has 0 aliphatic heterocycles. The molecule has 0 radical (unpaired) electrons. The molecule has 2 amide bonds. The second-order valence-corrected chi connectivity index (χ2v) is 6.01. The van der Waals surface area contributed by atoms with Gasteiger partial charge in [0.1, 0.15) is 19.0 Å². The van der Waals surface area contributed by atoms with Crippen molar-refractivity contribution in [3.05, 3.63) is 60.2 Å². The Balaban J connectivity index is 1.57. The first-order chi connectivity index (χ1) is 13.7. The van der Waals surface area contributed by atoms with Gasteiger partial charge in [-0.25, -0.2) is 4.79 Å². The highest BCUT2D eigenvalue weighted by Gasteiger charge is 2.05. The monoisotopic (exact) mass is 386 g/mol. The van der Waals surface area contributed by atoms with Crippen LogP contribution in [0.5, 0.6) is 5.75 Å². The summed E-state index contributed by atoms with van der Waals surface area (Å²) >= 11 is 0. The summed E-state index contributed by atoms with van der Waals surface area (Å²) in [5.41, 5.74) is 1.62. The van der Waals surface area contributed by atoms with Crippen LogP contribution in [-0.2, 0) is 20.9 Å². The highest BCUT2D eigenvalue weighted by atomic mass is 16.5. The van der Waals surface area contributed by atoms with Crippen LogP contribution < -0.4 is 15.4 Å². The van der Waals surface area contributed by atoms with Crippen molar-refractivity contribution in [1.82, 2.24) is 5.32 Å². The molecule has 7 heteroatoms. The van der Waals surface area contributed by atoms with Crippen molar-refractivity contribution in [1.29, 1.82) is 0 Å². The summed E-state index contributed by atoms with van der Waals surface area (Å²) in [6, 6.07) is 16.6. The Morgan fingerprint density at radius 2 is 1.71 bits per heavy atom. The number of hydrogen-bond acceptors (Lipinski definition) is 5. The summed E-state index contributed by atoms with van der Waals surface area (Å²) in [5, 5.41) is 5.44. The van der Waals surface area contributed by atoms with Gasteiger partial charge in [-0.3, -0.25) is 4.79 Å². The van der Waals surface area contributed by atoms with Crippen LogP contribution in [0.15, 0.2) is 54.6 Å². The maximum atomic E-state index is 12.0. The Labute approximate surface area is 165 Å². The van der Waals surface area contributed by atoms with E-state index in [0.717, 1.165) is 5.56 Å². The third-order valence-electron chi connectivity index (χ3n) is 3.76. The highest BCUT2D eigenvalue weighted by Crippen LogP contribution is 2.16. The third kappa shape index (κ3) is 8.55. The van der Waals surface area contributed by atoms with Crippen molar-refractivity contribution in [2.45, 2.75) is 19.4 Å². The molecule has 28 heavy (non-hydrogen) atoms. The fourth-order valence-electron chi connectivity index (χ4n) is 2.31. The number of ether oxygens (including phenoxy) is 3. The molecule has 2 aromatic rings. The van der Waals surface area contributed by atoms with E-state index in [2.05, 4.69) is 10.6 Å². The first kappa shape index (κ1) is 21.2. The number of carbonyl (C=O) groups excluding carboxylic acids is 2. The van der Waals surface area contributed by atoms with E-state index in [-0.39, 0.29) is 12.5 Å². The molecule has 0 aliphatic rings. The standard InChI is InChI=1S/C21H26N2O5/c1-26-14-15-27-19-11-9-18(10-12-19)23-20(24)8-5-13-22-21(25)28-16-17-6-3-2-4-7-17/h2-4,6-7,9-12H,5,8,13-16H2,1H3,(H,22,25)(H,23,24). The van der Waals surface area contributed by atoms with E-state index < -0.39 is 6.09 Å². The van der Waals surface area contributed by atoms with Crippen LogP contribution in [0.3, 0.4) is 0 Å². The molecule has 0 saturated heterocycles. The molecular formula is C21H26N2O5. The fraction of sp³-hybridized carbons (Fsp3) is 0.333. The van der Waals surface area contributed by atoms with Gasteiger partial charge in [-0.1, -0.05) is 30.3 Å². The number of amides is 2. The van der Waals surface area contributed by atoms with Crippen LogP contribution in [-0.4, -0.2) is 38.9 Å². The van der Waals surface area contributed by atoms with Gasteiger partial charge < -0.3 is 24.8 Å². The zero-order chi connectivity index (χ0) is 20.0. The molecule has 0 fully saturated rings. The molecule has 2 N–H and O–H groups in total. The summed E-state index contributed by atoms with van der Waals surface area (Å²) in [6.45, 7) is 1.58. The van der Waals surface area contributed by atoms with Crippen molar-refractivity contribution < 1.29 is 23.8 Å². The van der Waals surface area contributed by atoms with Gasteiger partial charge in [0, 0.05) is 25.8 Å². The second kappa shape index (κ2) is 12.3. The van der Waals surface area contributed by atoms with Crippen molar-refractivity contribution in [3.8, 4) is 5.75 Å². The third-order valence-corrected chi connectivity index (χ3v) is 3.76. The summed E-state index contributed by atoms with van der Waals surface area (Å²) in [4.78, 5) is 23.6. The molecule has 0 bridgehead atoms. The van der Waals surface area contributed by atoms with Gasteiger partial charge >= 0.3 is 6.09 Å². The number of benzene rings is 2. The van der Waals surface area contributed by atoms with E-state index in [1.165, 1.54) is 0 Å². The maximum Gasteiger partial charge on any atom is 0.407 e. The topological polar surface area (TPSA) is 85.9 Å². The van der Waals surface area contributed by atoms with Crippen LogP contribution in [0.1, 0.15) is 18.4 Å². The molecule has 0 unspecified atom stereocenters. The zero-order valence-corrected chi connectivity index (χ0v) is 16.0. The normalized spacial score (nSPS) is 10.2. The van der Waals surface area contributed by atoms with Gasteiger partial charge in [-0.2, -0.15) is 0 Å². The summed E-state index contributed by atoms with van der Waals surface area (Å²) < 4.78 is 15.5. The van der Waals surface area contributed by atoms with Gasteiger partial charge in [-0.05, 0) is 36.2 Å². The largest absolute Gasteiger partial charge is 0.491 e. The van der Waals surface area contributed by atoms with Crippen LogP contribution >= 0.6 is 0 Å². The minimum Gasteiger partial charge on any atom is -0.491 e. The molecule has 0 spiro atoms. The first-order valence-corrected chi connectivity index (χ1v) is 9.13. The van der Waals surface area contributed by atoms with Gasteiger partial charge in [0.2, 0.25) is 5.91 Å². The molecule has 150 valence electrons. The Morgan fingerprint density at radius 3 is 2.43 bits per heavy atom.